The molecule has 0 unspecified atom stereocenters. The quantitative estimate of drug-likeness (QED) is 0.641. The molecule has 0 spiro atoms. The molecule has 1 heteroatoms. The molecule has 1 heterocycles. The van der Waals surface area contributed by atoms with Crippen LogP contribution in [0, 0.1) is 11.3 Å². The predicted octanol–water partition coefficient (Wildman–Crippen LogP) is 5.72. The zero-order valence-corrected chi connectivity index (χ0v) is 14.3. The number of aryl methyl sites for hydroxylation is 1. The van der Waals surface area contributed by atoms with Crippen LogP contribution >= 0.6 is 0 Å². The molecule has 1 nitrogen and oxygen atoms in total. The molecule has 1 saturated carbocycles. The first-order chi connectivity index (χ1) is 9.82. The van der Waals surface area contributed by atoms with Gasteiger partial charge in [0.15, 0.2) is 0 Å². The summed E-state index contributed by atoms with van der Waals surface area (Å²) < 4.78 is 6.62. The summed E-state index contributed by atoms with van der Waals surface area (Å²) in [5.41, 5.74) is 3.28. The molecule has 2 aliphatic rings. The van der Waals surface area contributed by atoms with E-state index in [4.69, 9.17) is 4.74 Å². The van der Waals surface area contributed by atoms with E-state index in [1.807, 2.05) is 0 Å². The zero-order chi connectivity index (χ0) is 15.3. The Balaban J connectivity index is 1.97. The van der Waals surface area contributed by atoms with Crippen LogP contribution in [0.4, 0.5) is 0 Å². The Morgan fingerprint density at radius 1 is 1.14 bits per heavy atom. The van der Waals surface area contributed by atoms with Crippen molar-refractivity contribution in [2.75, 3.05) is 0 Å². The van der Waals surface area contributed by atoms with E-state index in [2.05, 4.69) is 52.8 Å². The van der Waals surface area contributed by atoms with Gasteiger partial charge in [0.05, 0.1) is 0 Å². The van der Waals surface area contributed by atoms with Gasteiger partial charge in [-0.2, -0.15) is 0 Å². The van der Waals surface area contributed by atoms with E-state index < -0.39 is 0 Å². The van der Waals surface area contributed by atoms with E-state index in [-0.39, 0.29) is 5.60 Å². The molecule has 116 valence electrons. The summed E-state index contributed by atoms with van der Waals surface area (Å²) in [6.45, 7) is 11.8. The highest BCUT2D eigenvalue weighted by Gasteiger charge is 2.49. The van der Waals surface area contributed by atoms with Crippen molar-refractivity contribution in [3.63, 3.8) is 0 Å². The molecule has 1 aliphatic heterocycles. The highest BCUT2D eigenvalue weighted by Crippen LogP contribution is 2.52. The smallest absolute Gasteiger partial charge is 0.123 e. The molecule has 1 aromatic carbocycles. The van der Waals surface area contributed by atoms with Crippen LogP contribution in [-0.2, 0) is 6.42 Å². The summed E-state index contributed by atoms with van der Waals surface area (Å²) in [7, 11) is 0. The van der Waals surface area contributed by atoms with Crippen molar-refractivity contribution in [3.8, 4) is 5.75 Å². The molecule has 0 N–H and O–H groups in total. The van der Waals surface area contributed by atoms with Crippen LogP contribution in [0.5, 0.6) is 5.75 Å². The Morgan fingerprint density at radius 3 is 2.62 bits per heavy atom. The Hall–Kier alpha value is -0.980. The highest BCUT2D eigenvalue weighted by molar-refractivity contribution is 5.40. The summed E-state index contributed by atoms with van der Waals surface area (Å²) in [4.78, 5) is 0. The monoisotopic (exact) mass is 286 g/mol. The molecule has 0 aromatic heterocycles. The normalized spacial score (nSPS) is 31.0. The molecule has 21 heavy (non-hydrogen) atoms. The molecule has 3 rings (SSSR count). The van der Waals surface area contributed by atoms with Crippen LogP contribution in [0.1, 0.15) is 77.3 Å². The van der Waals surface area contributed by atoms with Crippen LogP contribution in [0.2, 0.25) is 0 Å². The summed E-state index contributed by atoms with van der Waals surface area (Å²) in [5.74, 6) is 2.39. The van der Waals surface area contributed by atoms with Gasteiger partial charge in [0.25, 0.3) is 0 Å². The number of hydrogen-bond donors (Lipinski definition) is 0. The number of ether oxygens (including phenoxy) is 1. The Labute approximate surface area is 130 Å². The highest BCUT2D eigenvalue weighted by atomic mass is 16.5. The lowest BCUT2D eigenvalue weighted by Crippen LogP contribution is -2.50. The first kappa shape index (κ1) is 14.9. The molecule has 0 radical (unpaired) electrons. The predicted molar refractivity (Wildman–Crippen MR) is 89.0 cm³/mol. The Morgan fingerprint density at radius 2 is 1.90 bits per heavy atom. The van der Waals surface area contributed by atoms with E-state index in [1.54, 1.807) is 0 Å². The van der Waals surface area contributed by atoms with Crippen LogP contribution in [0.25, 0.3) is 0 Å². The second kappa shape index (κ2) is 5.04. The SMILES string of the molecule is CC(C)c1ccc2c(c1)CC[C@@H]1C(C)(C)CCC[C@@]1(C)O2. The molecule has 1 aromatic rings. The van der Waals surface area contributed by atoms with Gasteiger partial charge in [-0.15, -0.1) is 0 Å². The van der Waals surface area contributed by atoms with Gasteiger partial charge in [0, 0.05) is 5.92 Å². The second-order valence-electron chi connectivity index (χ2n) is 8.37. The van der Waals surface area contributed by atoms with Crippen molar-refractivity contribution in [1.29, 1.82) is 0 Å². The Kier molecular flexibility index (Phi) is 3.58. The van der Waals surface area contributed by atoms with Crippen molar-refractivity contribution in [2.24, 2.45) is 11.3 Å². The molecule has 1 aliphatic carbocycles. The molecular formula is C20H30O. The van der Waals surface area contributed by atoms with Gasteiger partial charge in [-0.3, -0.25) is 0 Å². The van der Waals surface area contributed by atoms with Crippen LogP contribution in [-0.4, -0.2) is 5.60 Å². The summed E-state index contributed by atoms with van der Waals surface area (Å²) in [6, 6.07) is 6.86. The molecule has 2 atom stereocenters. The van der Waals surface area contributed by atoms with Crippen LogP contribution < -0.4 is 4.74 Å². The van der Waals surface area contributed by atoms with Gasteiger partial charge >= 0.3 is 0 Å². The third kappa shape index (κ3) is 2.60. The first-order valence-electron chi connectivity index (χ1n) is 8.64. The minimum atomic E-state index is 0.0202. The largest absolute Gasteiger partial charge is 0.487 e. The molecule has 0 amide bonds. The third-order valence-electron chi connectivity index (χ3n) is 5.97. The van der Waals surface area contributed by atoms with Crippen molar-refractivity contribution >= 4 is 0 Å². The average molecular weight is 286 g/mol. The fourth-order valence-corrected chi connectivity index (χ4v) is 4.69. The van der Waals surface area contributed by atoms with E-state index >= 15 is 0 Å². The molecule has 1 fully saturated rings. The fraction of sp³-hybridized carbons (Fsp3) is 0.700. The minimum absolute atomic E-state index is 0.0202. The van der Waals surface area contributed by atoms with Crippen LogP contribution in [0.3, 0.4) is 0 Å². The first-order valence-corrected chi connectivity index (χ1v) is 8.64. The van der Waals surface area contributed by atoms with Crippen molar-refractivity contribution in [2.45, 2.75) is 78.2 Å². The van der Waals surface area contributed by atoms with Crippen LogP contribution in [0.15, 0.2) is 18.2 Å². The van der Waals surface area contributed by atoms with E-state index in [0.29, 0.717) is 17.3 Å². The minimum Gasteiger partial charge on any atom is -0.487 e. The van der Waals surface area contributed by atoms with Gasteiger partial charge in [-0.1, -0.05) is 39.8 Å². The number of fused-ring (bicyclic) bond motifs is 2. The van der Waals surface area contributed by atoms with Gasteiger partial charge < -0.3 is 4.74 Å². The second-order valence-corrected chi connectivity index (χ2v) is 8.37. The number of rotatable bonds is 1. The van der Waals surface area contributed by atoms with Crippen molar-refractivity contribution < 1.29 is 4.74 Å². The molecular weight excluding hydrogens is 256 g/mol. The Bertz CT molecular complexity index is 529. The lowest BCUT2D eigenvalue weighted by Gasteiger charge is -2.49. The maximum atomic E-state index is 6.62. The lowest BCUT2D eigenvalue weighted by molar-refractivity contribution is -0.0681. The molecule has 0 saturated heterocycles. The van der Waals surface area contributed by atoms with Gasteiger partial charge in [0.2, 0.25) is 0 Å². The van der Waals surface area contributed by atoms with Gasteiger partial charge in [-0.05, 0) is 67.6 Å². The van der Waals surface area contributed by atoms with Crippen molar-refractivity contribution in [3.05, 3.63) is 29.3 Å². The topological polar surface area (TPSA) is 9.23 Å². The maximum Gasteiger partial charge on any atom is 0.123 e. The number of benzene rings is 1. The average Bonchev–Trinajstić information content (AvgIpc) is 2.53. The third-order valence-corrected chi connectivity index (χ3v) is 5.97. The number of hydrogen-bond acceptors (Lipinski definition) is 1. The van der Waals surface area contributed by atoms with E-state index in [0.717, 1.165) is 5.75 Å². The summed E-state index contributed by atoms with van der Waals surface area (Å²) in [5, 5.41) is 0. The standard InChI is InChI=1S/C20H30O/c1-14(2)15-7-9-17-16(13-15)8-10-18-19(3,4)11-6-12-20(18,5)21-17/h7,9,13-14,18H,6,8,10-12H2,1-5H3/t18-,20-/m1/s1. The van der Waals surface area contributed by atoms with Gasteiger partial charge in [0.1, 0.15) is 11.4 Å². The summed E-state index contributed by atoms with van der Waals surface area (Å²) in [6.07, 6.45) is 6.26. The fourth-order valence-electron chi connectivity index (χ4n) is 4.69. The van der Waals surface area contributed by atoms with E-state index in [9.17, 15) is 0 Å². The van der Waals surface area contributed by atoms with Crippen molar-refractivity contribution in [1.82, 2.24) is 0 Å². The molecule has 0 bridgehead atoms. The lowest BCUT2D eigenvalue weighted by atomic mass is 9.60. The van der Waals surface area contributed by atoms with E-state index in [1.165, 1.54) is 43.2 Å². The maximum absolute atomic E-state index is 6.62. The zero-order valence-electron chi connectivity index (χ0n) is 14.3. The summed E-state index contributed by atoms with van der Waals surface area (Å²) >= 11 is 0. The van der Waals surface area contributed by atoms with Gasteiger partial charge in [-0.25, -0.2) is 0 Å².